The second-order valence-corrected chi connectivity index (χ2v) is 10.1. The largest absolute Gasteiger partial charge is 0.393 e. The van der Waals surface area contributed by atoms with Crippen LogP contribution in [0, 0.1) is 40.4 Å². The van der Waals surface area contributed by atoms with Gasteiger partial charge in [0.1, 0.15) is 0 Å². The molecule has 0 heterocycles. The highest BCUT2D eigenvalue weighted by Crippen LogP contribution is 2.67. The molecule has 1 N–H and O–H groups in total. The Labute approximate surface area is 142 Å². The summed E-state index contributed by atoms with van der Waals surface area (Å²) in [5.74, 6) is 4.55. The number of rotatable bonds is 1. The molecule has 0 radical (unpaired) electrons. The molecule has 3 fully saturated rings. The van der Waals surface area contributed by atoms with E-state index in [1.807, 2.05) is 0 Å². The molecule has 1 nitrogen and oxygen atoms in total. The average molecular weight is 317 g/mol. The van der Waals surface area contributed by atoms with Gasteiger partial charge in [-0.15, -0.1) is 0 Å². The molecule has 0 bridgehead atoms. The van der Waals surface area contributed by atoms with Crippen LogP contribution >= 0.6 is 0 Å². The molecule has 0 spiro atoms. The first kappa shape index (κ1) is 16.2. The summed E-state index contributed by atoms with van der Waals surface area (Å²) in [4.78, 5) is 0. The van der Waals surface area contributed by atoms with E-state index in [2.05, 4.69) is 33.8 Å². The number of hydrogen-bond acceptors (Lipinski definition) is 1. The molecule has 0 amide bonds. The Balaban J connectivity index is 1.65. The fourth-order valence-electron chi connectivity index (χ4n) is 7.78. The summed E-state index contributed by atoms with van der Waals surface area (Å²) in [5, 5.41) is 10.1. The summed E-state index contributed by atoms with van der Waals surface area (Å²) in [6.45, 7) is 10.1. The van der Waals surface area contributed by atoms with Crippen LogP contribution in [0.1, 0.15) is 79.1 Å². The summed E-state index contributed by atoms with van der Waals surface area (Å²) in [5.41, 5.74) is 2.62. The van der Waals surface area contributed by atoms with Crippen molar-refractivity contribution in [2.24, 2.45) is 40.4 Å². The smallest absolute Gasteiger partial charge is 0.0577 e. The fraction of sp³-hybridized carbons (Fsp3) is 0.909. The maximum atomic E-state index is 10.1. The Morgan fingerprint density at radius 2 is 1.83 bits per heavy atom. The van der Waals surface area contributed by atoms with Crippen LogP contribution in [0.5, 0.6) is 0 Å². The summed E-state index contributed by atoms with van der Waals surface area (Å²) in [7, 11) is 0. The molecule has 130 valence electrons. The zero-order valence-corrected chi connectivity index (χ0v) is 15.6. The van der Waals surface area contributed by atoms with Gasteiger partial charge in [-0.3, -0.25) is 0 Å². The van der Waals surface area contributed by atoms with Gasteiger partial charge in [-0.1, -0.05) is 39.3 Å². The van der Waals surface area contributed by atoms with Crippen molar-refractivity contribution in [3.05, 3.63) is 11.6 Å². The molecule has 1 heteroatoms. The van der Waals surface area contributed by atoms with Crippen molar-refractivity contribution in [2.75, 3.05) is 0 Å². The molecule has 4 aliphatic carbocycles. The number of fused-ring (bicyclic) bond motifs is 5. The Morgan fingerprint density at radius 3 is 2.57 bits per heavy atom. The summed E-state index contributed by atoms with van der Waals surface area (Å²) < 4.78 is 0. The SMILES string of the molecule is CC(C)[C@H]1CCC2C3CC=C4C[C@@H](O)CC[C@]4(C)C3CC[C@@]21C. The molecule has 23 heavy (non-hydrogen) atoms. The molecule has 4 aliphatic rings. The topological polar surface area (TPSA) is 20.2 Å². The van der Waals surface area contributed by atoms with Crippen molar-refractivity contribution in [2.45, 2.75) is 85.2 Å². The normalized spacial score (nSPS) is 52.6. The van der Waals surface area contributed by atoms with E-state index in [1.54, 1.807) is 5.57 Å². The zero-order valence-electron chi connectivity index (χ0n) is 15.6. The van der Waals surface area contributed by atoms with E-state index in [1.165, 1.54) is 38.5 Å². The zero-order chi connectivity index (χ0) is 16.4. The van der Waals surface area contributed by atoms with Crippen LogP contribution in [0.4, 0.5) is 0 Å². The molecule has 4 rings (SSSR count). The van der Waals surface area contributed by atoms with E-state index in [0.29, 0.717) is 10.8 Å². The van der Waals surface area contributed by atoms with Gasteiger partial charge in [0.2, 0.25) is 0 Å². The molecule has 0 saturated heterocycles. The minimum Gasteiger partial charge on any atom is -0.393 e. The van der Waals surface area contributed by atoms with E-state index >= 15 is 0 Å². The van der Waals surface area contributed by atoms with Gasteiger partial charge >= 0.3 is 0 Å². The quantitative estimate of drug-likeness (QED) is 0.626. The third-order valence-corrected chi connectivity index (χ3v) is 8.96. The molecule has 0 aromatic rings. The van der Waals surface area contributed by atoms with Crippen molar-refractivity contribution in [1.82, 2.24) is 0 Å². The van der Waals surface area contributed by atoms with Gasteiger partial charge in [-0.05, 0) is 91.8 Å². The van der Waals surface area contributed by atoms with Crippen molar-refractivity contribution in [1.29, 1.82) is 0 Å². The van der Waals surface area contributed by atoms with Gasteiger partial charge in [-0.2, -0.15) is 0 Å². The third-order valence-electron chi connectivity index (χ3n) is 8.96. The van der Waals surface area contributed by atoms with Crippen molar-refractivity contribution < 1.29 is 5.11 Å². The van der Waals surface area contributed by atoms with Crippen molar-refractivity contribution in [3.8, 4) is 0 Å². The predicted octanol–water partition coefficient (Wildman–Crippen LogP) is 5.58. The lowest BCUT2D eigenvalue weighted by Gasteiger charge is -2.58. The van der Waals surface area contributed by atoms with Gasteiger partial charge in [0.05, 0.1) is 6.10 Å². The predicted molar refractivity (Wildman–Crippen MR) is 96.0 cm³/mol. The monoisotopic (exact) mass is 316 g/mol. The maximum Gasteiger partial charge on any atom is 0.0577 e. The van der Waals surface area contributed by atoms with Crippen LogP contribution in [0.2, 0.25) is 0 Å². The van der Waals surface area contributed by atoms with Crippen LogP contribution in [-0.2, 0) is 0 Å². The molecule has 0 aromatic heterocycles. The molecular formula is C22H36O. The Hall–Kier alpha value is -0.300. The second kappa shape index (κ2) is 5.35. The van der Waals surface area contributed by atoms with Crippen LogP contribution < -0.4 is 0 Å². The first-order valence-corrected chi connectivity index (χ1v) is 10.2. The van der Waals surface area contributed by atoms with E-state index < -0.39 is 0 Å². The number of hydrogen-bond donors (Lipinski definition) is 1. The minimum absolute atomic E-state index is 0.0727. The summed E-state index contributed by atoms with van der Waals surface area (Å²) >= 11 is 0. The lowest BCUT2D eigenvalue weighted by atomic mass is 9.47. The highest BCUT2D eigenvalue weighted by molar-refractivity contribution is 5.25. The number of aliphatic hydroxyl groups excluding tert-OH is 1. The fourth-order valence-corrected chi connectivity index (χ4v) is 7.78. The van der Waals surface area contributed by atoms with Gasteiger partial charge < -0.3 is 5.11 Å². The van der Waals surface area contributed by atoms with Gasteiger partial charge in [0, 0.05) is 0 Å². The van der Waals surface area contributed by atoms with Gasteiger partial charge in [0.25, 0.3) is 0 Å². The minimum atomic E-state index is -0.0727. The van der Waals surface area contributed by atoms with Crippen molar-refractivity contribution >= 4 is 0 Å². The Morgan fingerprint density at radius 1 is 1.04 bits per heavy atom. The lowest BCUT2D eigenvalue weighted by molar-refractivity contribution is -0.0556. The van der Waals surface area contributed by atoms with Gasteiger partial charge in [-0.25, -0.2) is 0 Å². The average Bonchev–Trinajstić information content (AvgIpc) is 2.85. The molecule has 3 unspecified atom stereocenters. The summed E-state index contributed by atoms with van der Waals surface area (Å²) in [6.07, 6.45) is 12.8. The van der Waals surface area contributed by atoms with Crippen LogP contribution in [0.3, 0.4) is 0 Å². The Kier molecular flexibility index (Phi) is 3.76. The maximum absolute atomic E-state index is 10.1. The molecule has 7 atom stereocenters. The van der Waals surface area contributed by atoms with E-state index in [9.17, 15) is 5.11 Å². The van der Waals surface area contributed by atoms with E-state index in [4.69, 9.17) is 0 Å². The lowest BCUT2D eigenvalue weighted by Crippen LogP contribution is -2.50. The molecule has 0 aromatic carbocycles. The first-order chi connectivity index (χ1) is 10.9. The second-order valence-electron chi connectivity index (χ2n) is 10.1. The van der Waals surface area contributed by atoms with Crippen LogP contribution in [-0.4, -0.2) is 11.2 Å². The van der Waals surface area contributed by atoms with Crippen LogP contribution in [0.15, 0.2) is 11.6 Å². The number of allylic oxidation sites excluding steroid dienone is 1. The Bertz CT molecular complexity index is 506. The molecule has 3 saturated carbocycles. The van der Waals surface area contributed by atoms with Gasteiger partial charge in [0.15, 0.2) is 0 Å². The summed E-state index contributed by atoms with van der Waals surface area (Å²) in [6, 6.07) is 0. The third kappa shape index (κ3) is 2.21. The van der Waals surface area contributed by atoms with E-state index in [0.717, 1.165) is 42.4 Å². The highest BCUT2D eigenvalue weighted by Gasteiger charge is 2.58. The standard InChI is InChI=1S/C22H36O/c1-14(2)18-7-8-19-17-6-5-15-13-16(23)9-11-21(15,3)20(17)10-12-22(18,19)4/h5,14,16-20,23H,6-13H2,1-4H3/t16-,17?,18+,19?,20?,21-,22+/m0/s1. The molecular weight excluding hydrogens is 280 g/mol. The van der Waals surface area contributed by atoms with Crippen molar-refractivity contribution in [3.63, 3.8) is 0 Å². The van der Waals surface area contributed by atoms with Crippen LogP contribution in [0.25, 0.3) is 0 Å². The first-order valence-electron chi connectivity index (χ1n) is 10.2. The number of aliphatic hydroxyl groups is 1. The highest BCUT2D eigenvalue weighted by atomic mass is 16.3. The van der Waals surface area contributed by atoms with E-state index in [-0.39, 0.29) is 6.10 Å². The molecule has 0 aliphatic heterocycles.